The quantitative estimate of drug-likeness (QED) is 0.537. The molecule has 0 spiro atoms. The monoisotopic (exact) mass is 272 g/mol. The third kappa shape index (κ3) is 2.75. The highest BCUT2D eigenvalue weighted by Crippen LogP contribution is 2.37. The molecule has 3 rings (SSSR count). The molecule has 0 saturated heterocycles. The van der Waals surface area contributed by atoms with Crippen molar-refractivity contribution in [2.24, 2.45) is 0 Å². The zero-order valence-corrected chi connectivity index (χ0v) is 12.6. The van der Waals surface area contributed by atoms with Gasteiger partial charge >= 0.3 is 0 Å². The van der Waals surface area contributed by atoms with Crippen molar-refractivity contribution in [3.8, 4) is 22.3 Å². The van der Waals surface area contributed by atoms with E-state index in [0.29, 0.717) is 5.92 Å². The van der Waals surface area contributed by atoms with Crippen LogP contribution in [0.2, 0.25) is 0 Å². The Kier molecular flexibility index (Phi) is 3.87. The number of benzene rings is 3. The number of hydrogen-bond acceptors (Lipinski definition) is 0. The summed E-state index contributed by atoms with van der Waals surface area (Å²) in [5.41, 5.74) is 6.65. The summed E-state index contributed by atoms with van der Waals surface area (Å²) in [6.07, 6.45) is 0. The second kappa shape index (κ2) is 5.97. The van der Waals surface area contributed by atoms with E-state index in [2.05, 4.69) is 92.7 Å². The average Bonchev–Trinajstić information content (AvgIpc) is 2.55. The summed E-state index contributed by atoms with van der Waals surface area (Å²) < 4.78 is 0. The van der Waals surface area contributed by atoms with Crippen LogP contribution in [0.3, 0.4) is 0 Å². The first kappa shape index (κ1) is 13.6. The van der Waals surface area contributed by atoms with Crippen LogP contribution in [-0.2, 0) is 0 Å². The van der Waals surface area contributed by atoms with Gasteiger partial charge in [-0.05, 0) is 33.7 Å². The first-order valence-electron chi connectivity index (χ1n) is 7.51. The van der Waals surface area contributed by atoms with Crippen molar-refractivity contribution < 1.29 is 0 Å². The van der Waals surface area contributed by atoms with E-state index in [1.807, 2.05) is 0 Å². The van der Waals surface area contributed by atoms with Crippen molar-refractivity contribution in [2.75, 3.05) is 0 Å². The van der Waals surface area contributed by atoms with Crippen LogP contribution in [0.15, 0.2) is 78.9 Å². The van der Waals surface area contributed by atoms with Gasteiger partial charge in [0.1, 0.15) is 0 Å². The molecule has 0 unspecified atom stereocenters. The standard InChI is InChI=1S/C21H20/c1-16(2)19-14-9-15-20(17-10-5-3-6-11-17)21(19)18-12-7-4-8-13-18/h3-16H,1-2H3. The molecule has 0 N–H and O–H groups in total. The van der Waals surface area contributed by atoms with Crippen molar-refractivity contribution in [3.63, 3.8) is 0 Å². The Balaban J connectivity index is 2.28. The maximum absolute atomic E-state index is 2.26. The smallest absolute Gasteiger partial charge is 0.00707 e. The van der Waals surface area contributed by atoms with E-state index in [1.165, 1.54) is 27.8 Å². The van der Waals surface area contributed by atoms with Gasteiger partial charge in [0, 0.05) is 0 Å². The first-order valence-corrected chi connectivity index (χ1v) is 7.51. The molecule has 21 heavy (non-hydrogen) atoms. The minimum absolute atomic E-state index is 0.504. The van der Waals surface area contributed by atoms with Crippen molar-refractivity contribution in [2.45, 2.75) is 19.8 Å². The minimum Gasteiger partial charge on any atom is -0.0622 e. The molecule has 104 valence electrons. The molecule has 0 heteroatoms. The predicted molar refractivity (Wildman–Crippen MR) is 91.4 cm³/mol. The summed E-state index contributed by atoms with van der Waals surface area (Å²) in [5, 5.41) is 0. The summed E-state index contributed by atoms with van der Waals surface area (Å²) in [5.74, 6) is 0.504. The van der Waals surface area contributed by atoms with Gasteiger partial charge in [0.25, 0.3) is 0 Å². The Labute approximate surface area is 127 Å². The van der Waals surface area contributed by atoms with Crippen molar-refractivity contribution in [1.29, 1.82) is 0 Å². The Hall–Kier alpha value is -2.34. The van der Waals surface area contributed by atoms with Gasteiger partial charge < -0.3 is 0 Å². The lowest BCUT2D eigenvalue weighted by molar-refractivity contribution is 0.869. The average molecular weight is 272 g/mol. The van der Waals surface area contributed by atoms with Gasteiger partial charge in [-0.1, -0.05) is 92.7 Å². The zero-order chi connectivity index (χ0) is 14.7. The lowest BCUT2D eigenvalue weighted by atomic mass is 9.86. The summed E-state index contributed by atoms with van der Waals surface area (Å²) in [7, 11) is 0. The first-order chi connectivity index (χ1) is 10.3. The van der Waals surface area contributed by atoms with E-state index in [4.69, 9.17) is 0 Å². The van der Waals surface area contributed by atoms with Crippen LogP contribution >= 0.6 is 0 Å². The Bertz CT molecular complexity index is 710. The normalized spacial score (nSPS) is 10.8. The van der Waals surface area contributed by atoms with Crippen LogP contribution in [0.1, 0.15) is 25.3 Å². The Morgan fingerprint density at radius 2 is 1.14 bits per heavy atom. The molecule has 0 aliphatic heterocycles. The Morgan fingerprint density at radius 3 is 1.71 bits per heavy atom. The fourth-order valence-corrected chi connectivity index (χ4v) is 2.84. The van der Waals surface area contributed by atoms with Crippen LogP contribution in [0.5, 0.6) is 0 Å². The van der Waals surface area contributed by atoms with Crippen LogP contribution < -0.4 is 0 Å². The number of hydrogen-bond donors (Lipinski definition) is 0. The molecule has 0 aliphatic carbocycles. The Morgan fingerprint density at radius 1 is 0.571 bits per heavy atom. The predicted octanol–water partition coefficient (Wildman–Crippen LogP) is 6.14. The maximum Gasteiger partial charge on any atom is -0.00707 e. The second-order valence-corrected chi connectivity index (χ2v) is 5.66. The lowest BCUT2D eigenvalue weighted by Gasteiger charge is -2.18. The molecule has 3 aromatic carbocycles. The molecular weight excluding hydrogens is 252 g/mol. The molecule has 0 aliphatic rings. The largest absolute Gasteiger partial charge is 0.0622 e. The fourth-order valence-electron chi connectivity index (χ4n) is 2.84. The highest BCUT2D eigenvalue weighted by atomic mass is 14.2. The zero-order valence-electron chi connectivity index (χ0n) is 12.6. The van der Waals surface area contributed by atoms with E-state index in [-0.39, 0.29) is 0 Å². The van der Waals surface area contributed by atoms with Gasteiger partial charge in [-0.3, -0.25) is 0 Å². The second-order valence-electron chi connectivity index (χ2n) is 5.66. The molecule has 0 amide bonds. The highest BCUT2D eigenvalue weighted by Gasteiger charge is 2.13. The molecule has 0 fully saturated rings. The highest BCUT2D eigenvalue weighted by molar-refractivity contribution is 5.86. The molecule has 0 nitrogen and oxygen atoms in total. The van der Waals surface area contributed by atoms with E-state index in [0.717, 1.165) is 0 Å². The van der Waals surface area contributed by atoms with Crippen LogP contribution in [-0.4, -0.2) is 0 Å². The van der Waals surface area contributed by atoms with Crippen LogP contribution in [0.25, 0.3) is 22.3 Å². The summed E-state index contributed by atoms with van der Waals surface area (Å²) in [6, 6.07) is 28.0. The molecule has 0 saturated carbocycles. The minimum atomic E-state index is 0.504. The van der Waals surface area contributed by atoms with Gasteiger partial charge in [0.15, 0.2) is 0 Å². The third-order valence-electron chi connectivity index (χ3n) is 3.87. The van der Waals surface area contributed by atoms with Crippen molar-refractivity contribution >= 4 is 0 Å². The summed E-state index contributed by atoms with van der Waals surface area (Å²) in [4.78, 5) is 0. The van der Waals surface area contributed by atoms with Crippen LogP contribution in [0, 0.1) is 0 Å². The van der Waals surface area contributed by atoms with Crippen molar-refractivity contribution in [3.05, 3.63) is 84.4 Å². The lowest BCUT2D eigenvalue weighted by Crippen LogP contribution is -1.95. The topological polar surface area (TPSA) is 0 Å². The van der Waals surface area contributed by atoms with E-state index < -0.39 is 0 Å². The van der Waals surface area contributed by atoms with Gasteiger partial charge in [-0.15, -0.1) is 0 Å². The van der Waals surface area contributed by atoms with E-state index in [1.54, 1.807) is 0 Å². The van der Waals surface area contributed by atoms with Gasteiger partial charge in [0.05, 0.1) is 0 Å². The molecular formula is C21H20. The molecule has 3 aromatic rings. The molecule has 0 bridgehead atoms. The molecule has 0 aromatic heterocycles. The van der Waals surface area contributed by atoms with Gasteiger partial charge in [-0.2, -0.15) is 0 Å². The fraction of sp³-hybridized carbons (Fsp3) is 0.143. The van der Waals surface area contributed by atoms with E-state index >= 15 is 0 Å². The molecule has 0 heterocycles. The van der Waals surface area contributed by atoms with Crippen LogP contribution in [0.4, 0.5) is 0 Å². The van der Waals surface area contributed by atoms with E-state index in [9.17, 15) is 0 Å². The third-order valence-corrected chi connectivity index (χ3v) is 3.87. The maximum atomic E-state index is 2.26. The summed E-state index contributed by atoms with van der Waals surface area (Å²) in [6.45, 7) is 4.52. The molecule has 0 radical (unpaired) electrons. The van der Waals surface area contributed by atoms with Crippen molar-refractivity contribution in [1.82, 2.24) is 0 Å². The SMILES string of the molecule is CC(C)c1cccc(-c2ccccc2)c1-c1ccccc1. The van der Waals surface area contributed by atoms with Gasteiger partial charge in [-0.25, -0.2) is 0 Å². The summed E-state index contributed by atoms with van der Waals surface area (Å²) >= 11 is 0. The van der Waals surface area contributed by atoms with Gasteiger partial charge in [0.2, 0.25) is 0 Å². The molecule has 0 atom stereocenters. The number of rotatable bonds is 3.